The fourth-order valence-corrected chi connectivity index (χ4v) is 4.47. The van der Waals surface area contributed by atoms with Gasteiger partial charge in [-0.25, -0.2) is 0 Å². The molecule has 2 rings (SSSR count). The van der Waals surface area contributed by atoms with E-state index >= 15 is 0 Å². The summed E-state index contributed by atoms with van der Waals surface area (Å²) < 4.78 is 6.04. The van der Waals surface area contributed by atoms with E-state index in [-0.39, 0.29) is 22.1 Å². The van der Waals surface area contributed by atoms with Crippen LogP contribution in [0.5, 0.6) is 5.75 Å². The van der Waals surface area contributed by atoms with Crippen LogP contribution in [0.25, 0.3) is 0 Å². The standard InChI is InChI=1S/C16H22BrNO3/c1-4-11-7-8-13(12(9-11)18(19)20)21-15-10-14(17)16(15,5-2)6-3/h7-9,14-15H,4-6,10H2,1-3H3. The number of ether oxygens (including phenoxy) is 1. The van der Waals surface area contributed by atoms with E-state index in [1.807, 2.05) is 13.0 Å². The van der Waals surface area contributed by atoms with Gasteiger partial charge in [-0.3, -0.25) is 10.1 Å². The molecule has 0 heterocycles. The van der Waals surface area contributed by atoms with Crippen molar-refractivity contribution >= 4 is 21.6 Å². The number of halogens is 1. The summed E-state index contributed by atoms with van der Waals surface area (Å²) in [5.74, 6) is 0.396. The molecular formula is C16H22BrNO3. The first-order chi connectivity index (χ1) is 9.98. The number of alkyl halides is 1. The second kappa shape index (κ2) is 6.34. The second-order valence-corrected chi connectivity index (χ2v) is 6.77. The molecule has 1 aromatic carbocycles. The number of nitro benzene ring substituents is 1. The molecular weight excluding hydrogens is 334 g/mol. The van der Waals surface area contributed by atoms with Crippen molar-refractivity contribution in [3.8, 4) is 5.75 Å². The van der Waals surface area contributed by atoms with Crippen LogP contribution in [-0.4, -0.2) is 15.9 Å². The predicted molar refractivity (Wildman–Crippen MR) is 87.2 cm³/mol. The Bertz CT molecular complexity index is 528. The molecule has 0 radical (unpaired) electrons. The Morgan fingerprint density at radius 3 is 2.52 bits per heavy atom. The largest absolute Gasteiger partial charge is 0.483 e. The zero-order valence-electron chi connectivity index (χ0n) is 12.8. The molecule has 21 heavy (non-hydrogen) atoms. The maximum Gasteiger partial charge on any atom is 0.311 e. The lowest BCUT2D eigenvalue weighted by molar-refractivity contribution is -0.386. The van der Waals surface area contributed by atoms with Gasteiger partial charge in [0.15, 0.2) is 5.75 Å². The molecule has 0 saturated heterocycles. The van der Waals surface area contributed by atoms with E-state index in [1.54, 1.807) is 12.1 Å². The first-order valence-electron chi connectivity index (χ1n) is 7.56. The van der Waals surface area contributed by atoms with Crippen molar-refractivity contribution in [1.29, 1.82) is 0 Å². The first kappa shape index (κ1) is 16.3. The van der Waals surface area contributed by atoms with Crippen molar-refractivity contribution in [3.05, 3.63) is 33.9 Å². The van der Waals surface area contributed by atoms with E-state index in [4.69, 9.17) is 4.74 Å². The number of benzene rings is 1. The molecule has 4 nitrogen and oxygen atoms in total. The Morgan fingerprint density at radius 1 is 1.38 bits per heavy atom. The monoisotopic (exact) mass is 355 g/mol. The van der Waals surface area contributed by atoms with Crippen molar-refractivity contribution in [1.82, 2.24) is 0 Å². The summed E-state index contributed by atoms with van der Waals surface area (Å²) >= 11 is 3.71. The van der Waals surface area contributed by atoms with Gasteiger partial charge in [-0.1, -0.05) is 42.8 Å². The zero-order valence-corrected chi connectivity index (χ0v) is 14.4. The van der Waals surface area contributed by atoms with Gasteiger partial charge in [0.05, 0.1) is 4.92 Å². The summed E-state index contributed by atoms with van der Waals surface area (Å²) in [4.78, 5) is 11.3. The Hall–Kier alpha value is -1.10. The van der Waals surface area contributed by atoms with Crippen LogP contribution >= 0.6 is 15.9 Å². The number of nitrogens with zero attached hydrogens (tertiary/aromatic N) is 1. The first-order valence-corrected chi connectivity index (χ1v) is 8.48. The summed E-state index contributed by atoms with van der Waals surface area (Å²) in [5, 5.41) is 11.3. The highest BCUT2D eigenvalue weighted by molar-refractivity contribution is 9.09. The summed E-state index contributed by atoms with van der Waals surface area (Å²) in [7, 11) is 0. The second-order valence-electron chi connectivity index (χ2n) is 5.66. The van der Waals surface area contributed by atoms with Gasteiger partial charge in [0.25, 0.3) is 0 Å². The molecule has 2 unspecified atom stereocenters. The van der Waals surface area contributed by atoms with Crippen molar-refractivity contribution in [2.75, 3.05) is 0 Å². The molecule has 0 amide bonds. The highest BCUT2D eigenvalue weighted by Gasteiger charge is 2.53. The van der Waals surface area contributed by atoms with Crippen LogP contribution < -0.4 is 4.74 Å². The quantitative estimate of drug-likeness (QED) is 0.415. The molecule has 1 saturated carbocycles. The number of rotatable bonds is 6. The summed E-state index contributed by atoms with van der Waals surface area (Å²) in [6.45, 7) is 6.30. The lowest BCUT2D eigenvalue weighted by atomic mass is 9.62. The van der Waals surface area contributed by atoms with E-state index in [0.717, 1.165) is 31.2 Å². The van der Waals surface area contributed by atoms with Gasteiger partial charge in [-0.15, -0.1) is 0 Å². The average Bonchev–Trinajstić information content (AvgIpc) is 2.48. The number of hydrogen-bond donors (Lipinski definition) is 0. The topological polar surface area (TPSA) is 52.4 Å². The van der Waals surface area contributed by atoms with Gasteiger partial charge < -0.3 is 4.74 Å². The van der Waals surface area contributed by atoms with E-state index in [0.29, 0.717) is 10.6 Å². The minimum atomic E-state index is -0.349. The number of hydrogen-bond acceptors (Lipinski definition) is 3. The van der Waals surface area contributed by atoms with Gasteiger partial charge in [0.2, 0.25) is 0 Å². The van der Waals surface area contributed by atoms with Crippen LogP contribution in [0.15, 0.2) is 18.2 Å². The number of aryl methyl sites for hydroxylation is 1. The highest BCUT2D eigenvalue weighted by atomic mass is 79.9. The van der Waals surface area contributed by atoms with Crippen molar-refractivity contribution < 1.29 is 9.66 Å². The Labute approximate surface area is 134 Å². The summed E-state index contributed by atoms with van der Waals surface area (Å²) in [5.41, 5.74) is 1.11. The lowest BCUT2D eigenvalue weighted by Crippen LogP contribution is -2.56. The Morgan fingerprint density at radius 2 is 2.05 bits per heavy atom. The smallest absolute Gasteiger partial charge is 0.311 e. The highest BCUT2D eigenvalue weighted by Crippen LogP contribution is 2.53. The molecule has 1 aliphatic rings. The van der Waals surface area contributed by atoms with E-state index in [2.05, 4.69) is 29.8 Å². The minimum Gasteiger partial charge on any atom is -0.483 e. The molecule has 0 aromatic heterocycles. The molecule has 5 heteroatoms. The molecule has 1 aromatic rings. The van der Waals surface area contributed by atoms with Gasteiger partial charge >= 0.3 is 5.69 Å². The van der Waals surface area contributed by atoms with Crippen LogP contribution in [-0.2, 0) is 6.42 Å². The van der Waals surface area contributed by atoms with Gasteiger partial charge in [-0.2, -0.15) is 0 Å². The Kier molecular flexibility index (Phi) is 4.91. The zero-order chi connectivity index (χ0) is 15.6. The normalized spacial score (nSPS) is 23.4. The fourth-order valence-electron chi connectivity index (χ4n) is 3.19. The SMILES string of the molecule is CCc1ccc(OC2CC(Br)C2(CC)CC)c([N+](=O)[O-])c1. The Balaban J connectivity index is 2.26. The maximum absolute atomic E-state index is 11.3. The minimum absolute atomic E-state index is 0.0445. The third-order valence-corrected chi connectivity index (χ3v) is 6.19. The number of nitro groups is 1. The summed E-state index contributed by atoms with van der Waals surface area (Å²) in [6.07, 6.45) is 3.73. The summed E-state index contributed by atoms with van der Waals surface area (Å²) in [6, 6.07) is 5.28. The van der Waals surface area contributed by atoms with Crippen LogP contribution in [0.4, 0.5) is 5.69 Å². The molecule has 0 spiro atoms. The molecule has 0 N–H and O–H groups in total. The van der Waals surface area contributed by atoms with Gasteiger partial charge in [0, 0.05) is 16.3 Å². The van der Waals surface area contributed by atoms with E-state index < -0.39 is 0 Å². The van der Waals surface area contributed by atoms with Crippen LogP contribution in [0.1, 0.15) is 45.6 Å². The van der Waals surface area contributed by atoms with Crippen LogP contribution in [0.2, 0.25) is 0 Å². The van der Waals surface area contributed by atoms with Crippen molar-refractivity contribution in [2.24, 2.45) is 5.41 Å². The molecule has 2 atom stereocenters. The third kappa shape index (κ3) is 2.80. The van der Waals surface area contributed by atoms with Crippen molar-refractivity contribution in [2.45, 2.75) is 57.4 Å². The predicted octanol–water partition coefficient (Wildman–Crippen LogP) is 4.88. The molecule has 0 aliphatic heterocycles. The van der Waals surface area contributed by atoms with Crippen LogP contribution in [0.3, 0.4) is 0 Å². The molecule has 1 aliphatic carbocycles. The van der Waals surface area contributed by atoms with E-state index in [9.17, 15) is 10.1 Å². The van der Waals surface area contributed by atoms with Crippen molar-refractivity contribution in [3.63, 3.8) is 0 Å². The molecule has 116 valence electrons. The van der Waals surface area contributed by atoms with Crippen LogP contribution in [0, 0.1) is 15.5 Å². The molecule has 0 bridgehead atoms. The third-order valence-electron chi connectivity index (χ3n) is 4.90. The van der Waals surface area contributed by atoms with E-state index in [1.165, 1.54) is 0 Å². The van der Waals surface area contributed by atoms with Gasteiger partial charge in [-0.05, 0) is 37.3 Å². The van der Waals surface area contributed by atoms with Gasteiger partial charge in [0.1, 0.15) is 6.10 Å². The lowest BCUT2D eigenvalue weighted by Gasteiger charge is -2.52. The molecule has 1 fully saturated rings. The maximum atomic E-state index is 11.3. The fraction of sp³-hybridized carbons (Fsp3) is 0.625. The average molecular weight is 356 g/mol.